The van der Waals surface area contributed by atoms with Gasteiger partial charge in [0.2, 0.25) is 10.0 Å². The Labute approximate surface area is 127 Å². The molecule has 1 aromatic carbocycles. The number of nitrogens with one attached hydrogen (secondary N) is 1. The van der Waals surface area contributed by atoms with Crippen molar-refractivity contribution in [3.8, 4) is 0 Å². The van der Waals surface area contributed by atoms with Gasteiger partial charge in [0, 0.05) is 6.61 Å². The van der Waals surface area contributed by atoms with Gasteiger partial charge in [-0.3, -0.25) is 4.72 Å². The van der Waals surface area contributed by atoms with Crippen LogP contribution in [0.3, 0.4) is 0 Å². The van der Waals surface area contributed by atoms with E-state index in [9.17, 15) is 8.42 Å². The number of fused-ring (bicyclic) bond motifs is 1. The van der Waals surface area contributed by atoms with Crippen LogP contribution in [0.15, 0.2) is 24.3 Å². The van der Waals surface area contributed by atoms with Gasteiger partial charge in [-0.1, -0.05) is 23.7 Å². The topological polar surface area (TPSA) is 81.2 Å². The van der Waals surface area contributed by atoms with Gasteiger partial charge in [0.25, 0.3) is 0 Å². The molecule has 1 aromatic heterocycles. The van der Waals surface area contributed by atoms with E-state index in [0.29, 0.717) is 17.6 Å². The molecule has 0 amide bonds. The van der Waals surface area contributed by atoms with Crippen LogP contribution in [0.5, 0.6) is 0 Å². The summed E-state index contributed by atoms with van der Waals surface area (Å²) in [5, 5.41) is 0.0321. The molecular formula is C13H14ClN3O3S. The predicted octanol–water partition coefficient (Wildman–Crippen LogP) is 2.20. The molecule has 0 spiro atoms. The van der Waals surface area contributed by atoms with Gasteiger partial charge in [0.05, 0.1) is 22.9 Å². The highest BCUT2D eigenvalue weighted by Gasteiger charge is 2.24. The smallest absolute Gasteiger partial charge is 0.236 e. The van der Waals surface area contributed by atoms with Crippen molar-refractivity contribution in [3.63, 3.8) is 0 Å². The second-order valence-corrected chi connectivity index (χ2v) is 7.00. The average Bonchev–Trinajstić information content (AvgIpc) is 2.91. The summed E-state index contributed by atoms with van der Waals surface area (Å²) in [6.07, 6.45) is 1.36. The number of anilines is 1. The molecule has 1 aliphatic rings. The zero-order valence-electron chi connectivity index (χ0n) is 11.1. The predicted molar refractivity (Wildman–Crippen MR) is 80.9 cm³/mol. The van der Waals surface area contributed by atoms with Crippen molar-refractivity contribution in [2.75, 3.05) is 17.1 Å². The van der Waals surface area contributed by atoms with Crippen molar-refractivity contribution in [1.82, 2.24) is 9.97 Å². The fourth-order valence-electron chi connectivity index (χ4n) is 2.25. The third-order valence-electron chi connectivity index (χ3n) is 3.21. The fraction of sp³-hybridized carbons (Fsp3) is 0.385. The first kappa shape index (κ1) is 14.5. The molecule has 6 nitrogen and oxygen atoms in total. The summed E-state index contributed by atoms with van der Waals surface area (Å²) in [4.78, 5) is 8.35. The second-order valence-electron chi connectivity index (χ2n) is 4.87. The van der Waals surface area contributed by atoms with Crippen molar-refractivity contribution in [1.29, 1.82) is 0 Å². The molecule has 0 aliphatic carbocycles. The van der Waals surface area contributed by atoms with Gasteiger partial charge in [-0.2, -0.15) is 0 Å². The van der Waals surface area contributed by atoms with Crippen LogP contribution in [0, 0.1) is 0 Å². The molecule has 8 heteroatoms. The Hall–Kier alpha value is -1.44. The van der Waals surface area contributed by atoms with E-state index in [1.54, 1.807) is 18.2 Å². The lowest BCUT2D eigenvalue weighted by Crippen LogP contribution is -2.26. The minimum absolute atomic E-state index is 0.0321. The van der Waals surface area contributed by atoms with E-state index in [1.165, 1.54) is 0 Å². The number of benzene rings is 1. The standard InChI is InChI=1S/C13H14ClN3O3S/c14-12-13(16-11-6-2-1-5-10(11)15-12)17-21(18,19)8-9-4-3-7-20-9/h1-2,5-6,9H,3-4,7-8H2,(H,16,17). The Balaban J connectivity index is 1.84. The van der Waals surface area contributed by atoms with Crippen molar-refractivity contribution >= 4 is 38.5 Å². The van der Waals surface area contributed by atoms with Crippen LogP contribution in [0.2, 0.25) is 5.15 Å². The first-order valence-electron chi connectivity index (χ1n) is 6.58. The molecule has 0 radical (unpaired) electrons. The molecule has 21 heavy (non-hydrogen) atoms. The highest BCUT2D eigenvalue weighted by molar-refractivity contribution is 7.92. The van der Waals surface area contributed by atoms with Crippen LogP contribution in [0.25, 0.3) is 11.0 Å². The Morgan fingerprint density at radius 1 is 1.29 bits per heavy atom. The summed E-state index contributed by atoms with van der Waals surface area (Å²) in [7, 11) is -3.57. The SMILES string of the molecule is O=S(=O)(CC1CCCO1)Nc1nc2ccccc2nc1Cl. The molecule has 1 N–H and O–H groups in total. The van der Waals surface area contributed by atoms with E-state index in [4.69, 9.17) is 16.3 Å². The maximum absolute atomic E-state index is 12.1. The van der Waals surface area contributed by atoms with Crippen molar-refractivity contribution in [2.45, 2.75) is 18.9 Å². The number of sulfonamides is 1. The zero-order chi connectivity index (χ0) is 14.9. The number of para-hydroxylation sites is 2. The van der Waals surface area contributed by atoms with Crippen LogP contribution in [-0.4, -0.2) is 36.8 Å². The third-order valence-corrected chi connectivity index (χ3v) is 4.79. The van der Waals surface area contributed by atoms with Gasteiger partial charge in [0.1, 0.15) is 0 Å². The highest BCUT2D eigenvalue weighted by Crippen LogP contribution is 2.23. The van der Waals surface area contributed by atoms with E-state index in [1.807, 2.05) is 6.07 Å². The summed E-state index contributed by atoms with van der Waals surface area (Å²) >= 11 is 5.99. The molecule has 1 unspecified atom stereocenters. The molecule has 1 aliphatic heterocycles. The van der Waals surface area contributed by atoms with Gasteiger partial charge in [-0.15, -0.1) is 0 Å². The van der Waals surface area contributed by atoms with E-state index in [-0.39, 0.29) is 22.8 Å². The zero-order valence-corrected chi connectivity index (χ0v) is 12.7. The highest BCUT2D eigenvalue weighted by atomic mass is 35.5. The van der Waals surface area contributed by atoms with Crippen LogP contribution in [0.1, 0.15) is 12.8 Å². The maximum atomic E-state index is 12.1. The first-order valence-corrected chi connectivity index (χ1v) is 8.61. The number of hydrogen-bond donors (Lipinski definition) is 1. The fourth-order valence-corrected chi connectivity index (χ4v) is 3.76. The van der Waals surface area contributed by atoms with Crippen molar-refractivity contribution in [2.24, 2.45) is 0 Å². The summed E-state index contributed by atoms with van der Waals surface area (Å²) in [5.41, 5.74) is 1.20. The van der Waals surface area contributed by atoms with Crippen LogP contribution in [0.4, 0.5) is 5.82 Å². The number of ether oxygens (including phenoxy) is 1. The molecule has 1 fully saturated rings. The molecule has 1 saturated heterocycles. The number of halogens is 1. The second kappa shape index (κ2) is 5.75. The van der Waals surface area contributed by atoms with Gasteiger partial charge in [0.15, 0.2) is 11.0 Å². The Morgan fingerprint density at radius 3 is 2.67 bits per heavy atom. The largest absolute Gasteiger partial charge is 0.377 e. The van der Waals surface area contributed by atoms with Crippen molar-refractivity contribution < 1.29 is 13.2 Å². The summed E-state index contributed by atoms with van der Waals surface area (Å²) < 4.78 is 32.0. The number of rotatable bonds is 4. The Kier molecular flexibility index (Phi) is 3.97. The summed E-state index contributed by atoms with van der Waals surface area (Å²) in [6.45, 7) is 0.608. The lowest BCUT2D eigenvalue weighted by Gasteiger charge is -2.12. The van der Waals surface area contributed by atoms with Gasteiger partial charge in [-0.05, 0) is 25.0 Å². The first-order chi connectivity index (χ1) is 10.0. The van der Waals surface area contributed by atoms with Gasteiger partial charge in [-0.25, -0.2) is 18.4 Å². The Bertz CT molecular complexity index is 760. The Morgan fingerprint density at radius 2 is 2.00 bits per heavy atom. The van der Waals surface area contributed by atoms with Crippen molar-refractivity contribution in [3.05, 3.63) is 29.4 Å². The lowest BCUT2D eigenvalue weighted by atomic mass is 10.3. The third kappa shape index (κ3) is 3.42. The summed E-state index contributed by atoms with van der Waals surface area (Å²) in [6, 6.07) is 7.12. The van der Waals surface area contributed by atoms with Crippen LogP contribution in [-0.2, 0) is 14.8 Å². The number of aromatic nitrogens is 2. The van der Waals surface area contributed by atoms with Crippen LogP contribution >= 0.6 is 11.6 Å². The number of nitrogens with zero attached hydrogens (tertiary/aromatic N) is 2. The minimum Gasteiger partial charge on any atom is -0.377 e. The summed E-state index contributed by atoms with van der Waals surface area (Å²) in [5.74, 6) is -0.0500. The minimum atomic E-state index is -3.57. The molecule has 2 heterocycles. The molecule has 0 bridgehead atoms. The average molecular weight is 328 g/mol. The van der Waals surface area contributed by atoms with Gasteiger partial charge >= 0.3 is 0 Å². The van der Waals surface area contributed by atoms with E-state index >= 15 is 0 Å². The molecule has 112 valence electrons. The van der Waals surface area contributed by atoms with E-state index in [2.05, 4.69) is 14.7 Å². The van der Waals surface area contributed by atoms with Gasteiger partial charge < -0.3 is 4.74 Å². The number of hydrogen-bond acceptors (Lipinski definition) is 5. The molecule has 3 rings (SSSR count). The quantitative estimate of drug-likeness (QED) is 0.931. The lowest BCUT2D eigenvalue weighted by molar-refractivity contribution is 0.127. The van der Waals surface area contributed by atoms with Crippen LogP contribution < -0.4 is 4.72 Å². The maximum Gasteiger partial charge on any atom is 0.236 e. The van der Waals surface area contributed by atoms with E-state index in [0.717, 1.165) is 12.8 Å². The molecule has 0 saturated carbocycles. The monoisotopic (exact) mass is 327 g/mol. The normalized spacial score (nSPS) is 19.0. The van der Waals surface area contributed by atoms with E-state index < -0.39 is 10.0 Å². The molecule has 1 atom stereocenters. The molecule has 2 aromatic rings. The molecular weight excluding hydrogens is 314 g/mol.